The van der Waals surface area contributed by atoms with Crippen LogP contribution in [0, 0.1) is 6.92 Å². The predicted octanol–water partition coefficient (Wildman–Crippen LogP) is -2.14. The molecule has 0 atom stereocenters. The van der Waals surface area contributed by atoms with Crippen molar-refractivity contribution in [3.63, 3.8) is 0 Å². The predicted molar refractivity (Wildman–Crippen MR) is 66.7 cm³/mol. The monoisotopic (exact) mass is 256 g/mol. The van der Waals surface area contributed by atoms with Crippen LogP contribution >= 0.6 is 0 Å². The van der Waals surface area contributed by atoms with Crippen LogP contribution in [0.5, 0.6) is 0 Å². The number of halogens is 1. The highest BCUT2D eigenvalue weighted by molar-refractivity contribution is 5.92. The maximum atomic E-state index is 11.8. The molecule has 0 unspecified atom stereocenters. The molecule has 0 heterocycles. The normalized spacial score (nSPS) is 9.88. The topological polar surface area (TPSA) is 33.5 Å². The molecule has 0 saturated heterocycles. The van der Waals surface area contributed by atoms with E-state index in [2.05, 4.69) is 19.2 Å². The second-order valence-corrected chi connectivity index (χ2v) is 4.00. The van der Waals surface area contributed by atoms with Gasteiger partial charge in [-0.3, -0.25) is 4.79 Å². The number of benzene rings is 1. The van der Waals surface area contributed by atoms with Crippen molar-refractivity contribution in [1.29, 1.82) is 0 Å². The molecule has 0 aliphatic carbocycles. The molecule has 3 nitrogen and oxygen atoms in total. The Morgan fingerprint density at radius 1 is 1.24 bits per heavy atom. The molecule has 1 aromatic carbocycles. The van der Waals surface area contributed by atoms with Gasteiger partial charge in [0.05, 0.1) is 13.1 Å². The maximum Gasteiger partial charge on any atom is 0.279 e. The van der Waals surface area contributed by atoms with Gasteiger partial charge in [-0.25, -0.2) is 0 Å². The van der Waals surface area contributed by atoms with Crippen molar-refractivity contribution in [1.82, 2.24) is 0 Å². The molecule has 0 radical (unpaired) electrons. The van der Waals surface area contributed by atoms with Crippen LogP contribution in [0.25, 0.3) is 0 Å². The summed E-state index contributed by atoms with van der Waals surface area (Å²) in [6.45, 7) is 8.70. The summed E-state index contributed by atoms with van der Waals surface area (Å²) in [6, 6.07) is 7.85. The van der Waals surface area contributed by atoms with E-state index in [0.717, 1.165) is 24.3 Å². The number of rotatable bonds is 5. The molecular formula is C13H21ClN2O. The number of hydrogen-bond acceptors (Lipinski definition) is 1. The second-order valence-electron chi connectivity index (χ2n) is 4.00. The fraction of sp³-hybridized carbons (Fsp3) is 0.462. The van der Waals surface area contributed by atoms with E-state index in [4.69, 9.17) is 0 Å². The molecule has 0 aliphatic heterocycles. The third kappa shape index (κ3) is 5.20. The van der Waals surface area contributed by atoms with Crippen molar-refractivity contribution in [2.45, 2.75) is 20.8 Å². The van der Waals surface area contributed by atoms with Gasteiger partial charge in [0, 0.05) is 5.69 Å². The van der Waals surface area contributed by atoms with Crippen molar-refractivity contribution in [3.8, 4) is 0 Å². The summed E-state index contributed by atoms with van der Waals surface area (Å²) in [5.41, 5.74) is 2.02. The van der Waals surface area contributed by atoms with E-state index in [1.165, 1.54) is 4.90 Å². The Kier molecular flexibility index (Phi) is 7.59. The first-order valence-electron chi connectivity index (χ1n) is 5.86. The van der Waals surface area contributed by atoms with Crippen molar-refractivity contribution in [3.05, 3.63) is 29.8 Å². The van der Waals surface area contributed by atoms with Crippen LogP contribution in [0.15, 0.2) is 24.3 Å². The molecule has 1 rings (SSSR count). The van der Waals surface area contributed by atoms with E-state index in [1.54, 1.807) is 0 Å². The lowest BCUT2D eigenvalue weighted by atomic mass is 10.2. The number of carbonyl (C=O) groups excluding carboxylic acids is 1. The first-order chi connectivity index (χ1) is 7.67. The minimum Gasteiger partial charge on any atom is -1.00 e. The van der Waals surface area contributed by atoms with Crippen molar-refractivity contribution in [2.75, 3.05) is 25.0 Å². The number of likely N-dealkylation sites (N-methyl/N-ethyl adjacent to an activating group) is 1. The quantitative estimate of drug-likeness (QED) is 0.620. The number of amides is 1. The van der Waals surface area contributed by atoms with Gasteiger partial charge in [0.25, 0.3) is 5.91 Å². The molecule has 4 heteroatoms. The van der Waals surface area contributed by atoms with Gasteiger partial charge in [-0.15, -0.1) is 0 Å². The summed E-state index contributed by atoms with van der Waals surface area (Å²) in [5, 5.41) is 2.95. The van der Waals surface area contributed by atoms with E-state index < -0.39 is 0 Å². The van der Waals surface area contributed by atoms with Crippen LogP contribution < -0.4 is 22.6 Å². The molecule has 2 N–H and O–H groups in total. The average Bonchev–Trinajstić information content (AvgIpc) is 2.29. The Labute approximate surface area is 110 Å². The van der Waals surface area contributed by atoms with Crippen LogP contribution in [-0.4, -0.2) is 25.5 Å². The first kappa shape index (κ1) is 15.9. The van der Waals surface area contributed by atoms with Gasteiger partial charge >= 0.3 is 0 Å². The van der Waals surface area contributed by atoms with Gasteiger partial charge in [-0.05, 0) is 32.4 Å². The van der Waals surface area contributed by atoms with Crippen LogP contribution in [0.4, 0.5) is 5.69 Å². The molecule has 96 valence electrons. The van der Waals surface area contributed by atoms with Gasteiger partial charge in [0.2, 0.25) is 0 Å². The summed E-state index contributed by atoms with van der Waals surface area (Å²) < 4.78 is 0. The number of nitrogens with one attached hydrogen (secondary N) is 2. The Morgan fingerprint density at radius 3 is 2.35 bits per heavy atom. The third-order valence-electron chi connectivity index (χ3n) is 2.83. The molecule has 0 bridgehead atoms. The second kappa shape index (κ2) is 8.09. The molecular weight excluding hydrogens is 236 g/mol. The number of carbonyl (C=O) groups is 1. The lowest BCUT2D eigenvalue weighted by molar-refractivity contribution is -0.888. The first-order valence-corrected chi connectivity index (χ1v) is 5.86. The van der Waals surface area contributed by atoms with E-state index in [9.17, 15) is 4.79 Å². The molecule has 1 aromatic rings. The van der Waals surface area contributed by atoms with Crippen LogP contribution in [-0.2, 0) is 4.79 Å². The minimum atomic E-state index is 0. The van der Waals surface area contributed by atoms with Gasteiger partial charge in [0.1, 0.15) is 0 Å². The zero-order chi connectivity index (χ0) is 12.0. The molecule has 0 spiro atoms. The average molecular weight is 257 g/mol. The van der Waals surface area contributed by atoms with Crippen molar-refractivity contribution >= 4 is 11.6 Å². The zero-order valence-corrected chi connectivity index (χ0v) is 11.5. The molecule has 0 fully saturated rings. The van der Waals surface area contributed by atoms with Gasteiger partial charge < -0.3 is 22.6 Å². The van der Waals surface area contributed by atoms with Crippen LogP contribution in [0.3, 0.4) is 0 Å². The van der Waals surface area contributed by atoms with Crippen LogP contribution in [0.1, 0.15) is 19.4 Å². The Morgan fingerprint density at radius 2 is 1.82 bits per heavy atom. The molecule has 0 saturated carbocycles. The Balaban J connectivity index is 0.00000256. The summed E-state index contributed by atoms with van der Waals surface area (Å²) in [7, 11) is 0. The summed E-state index contributed by atoms with van der Waals surface area (Å²) >= 11 is 0. The van der Waals surface area contributed by atoms with E-state index in [0.29, 0.717) is 6.54 Å². The summed E-state index contributed by atoms with van der Waals surface area (Å²) in [5.74, 6) is 0.0907. The van der Waals surface area contributed by atoms with Gasteiger partial charge in [0.15, 0.2) is 6.54 Å². The number of hydrogen-bond donors (Lipinski definition) is 2. The van der Waals surface area contributed by atoms with Gasteiger partial charge in [-0.1, -0.05) is 18.2 Å². The Bertz CT molecular complexity index is 351. The van der Waals surface area contributed by atoms with E-state index in [1.807, 2.05) is 31.2 Å². The molecule has 0 aromatic heterocycles. The number of anilines is 1. The van der Waals surface area contributed by atoms with Crippen molar-refractivity contribution in [2.24, 2.45) is 0 Å². The van der Waals surface area contributed by atoms with E-state index in [-0.39, 0.29) is 18.3 Å². The molecule has 17 heavy (non-hydrogen) atoms. The van der Waals surface area contributed by atoms with Gasteiger partial charge in [-0.2, -0.15) is 0 Å². The largest absolute Gasteiger partial charge is 1.00 e. The summed E-state index contributed by atoms with van der Waals surface area (Å²) in [6.07, 6.45) is 0. The highest BCUT2D eigenvalue weighted by atomic mass is 35.5. The van der Waals surface area contributed by atoms with E-state index >= 15 is 0 Å². The van der Waals surface area contributed by atoms with Crippen molar-refractivity contribution < 1.29 is 22.1 Å². The molecule has 0 aliphatic rings. The fourth-order valence-electron chi connectivity index (χ4n) is 1.63. The molecule has 1 amide bonds. The highest BCUT2D eigenvalue weighted by Gasteiger charge is 2.10. The summed E-state index contributed by atoms with van der Waals surface area (Å²) in [4.78, 5) is 13.1. The fourth-order valence-corrected chi connectivity index (χ4v) is 1.63. The SMILES string of the molecule is CC[NH+](CC)CC(=O)Nc1ccccc1C.[Cl-]. The smallest absolute Gasteiger partial charge is 0.279 e. The standard InChI is InChI=1S/C13H20N2O.ClH/c1-4-15(5-2)10-13(16)14-12-9-7-6-8-11(12)3;/h6-9H,4-5,10H2,1-3H3,(H,14,16);1H. The zero-order valence-electron chi connectivity index (χ0n) is 10.7. The van der Waals surface area contributed by atoms with Crippen LogP contribution in [0.2, 0.25) is 0 Å². The number of quaternary nitrogens is 1. The number of aryl methyl sites for hydroxylation is 1. The number of para-hydroxylation sites is 1. The lowest BCUT2D eigenvalue weighted by Crippen LogP contribution is -3.12. The highest BCUT2D eigenvalue weighted by Crippen LogP contribution is 2.12. The lowest BCUT2D eigenvalue weighted by Gasteiger charge is -2.15. The third-order valence-corrected chi connectivity index (χ3v) is 2.83. The Hall–Kier alpha value is -1.06. The maximum absolute atomic E-state index is 11.8. The minimum absolute atomic E-state index is 0.